The van der Waals surface area contributed by atoms with Gasteiger partial charge in [-0.2, -0.15) is 0 Å². The highest BCUT2D eigenvalue weighted by Gasteiger charge is 2.03. The maximum atomic E-state index is 8.52. The SMILES string of the molecule is Cn1cnc2ccc(/C(N)=N\O)cc21. The lowest BCUT2D eigenvalue weighted by Crippen LogP contribution is -2.12. The van der Waals surface area contributed by atoms with E-state index in [4.69, 9.17) is 10.9 Å². The van der Waals surface area contributed by atoms with Gasteiger partial charge in [0.2, 0.25) is 0 Å². The normalized spacial score (nSPS) is 12.2. The standard InChI is InChI=1S/C9H10N4O/c1-13-5-11-7-3-2-6(4-8(7)13)9(10)12-14/h2-5,14H,1H3,(H2,10,12). The second-order valence-electron chi connectivity index (χ2n) is 3.04. The lowest BCUT2D eigenvalue weighted by molar-refractivity contribution is 0.318. The fraction of sp³-hybridized carbons (Fsp3) is 0.111. The molecule has 0 atom stereocenters. The molecule has 2 aromatic rings. The highest BCUT2D eigenvalue weighted by atomic mass is 16.4. The van der Waals surface area contributed by atoms with Crippen molar-refractivity contribution in [3.8, 4) is 0 Å². The van der Waals surface area contributed by atoms with Gasteiger partial charge in [0.05, 0.1) is 17.4 Å². The van der Waals surface area contributed by atoms with Crippen LogP contribution < -0.4 is 5.73 Å². The minimum absolute atomic E-state index is 0.105. The van der Waals surface area contributed by atoms with Gasteiger partial charge in [0.25, 0.3) is 0 Å². The molecular formula is C9H10N4O. The Bertz CT molecular complexity index is 500. The van der Waals surface area contributed by atoms with Gasteiger partial charge in [-0.15, -0.1) is 0 Å². The van der Waals surface area contributed by atoms with Crippen LogP contribution in [0.3, 0.4) is 0 Å². The first-order valence-electron chi connectivity index (χ1n) is 4.11. The van der Waals surface area contributed by atoms with E-state index in [2.05, 4.69) is 10.1 Å². The molecule has 1 aromatic carbocycles. The number of fused-ring (bicyclic) bond motifs is 1. The van der Waals surface area contributed by atoms with Crippen molar-refractivity contribution in [1.82, 2.24) is 9.55 Å². The van der Waals surface area contributed by atoms with Crippen LogP contribution in [0.25, 0.3) is 11.0 Å². The highest BCUT2D eigenvalue weighted by molar-refractivity contribution is 5.99. The Kier molecular flexibility index (Phi) is 1.85. The van der Waals surface area contributed by atoms with E-state index in [1.54, 1.807) is 12.4 Å². The molecule has 0 aliphatic carbocycles. The summed E-state index contributed by atoms with van der Waals surface area (Å²) in [5.74, 6) is 0.105. The first-order valence-corrected chi connectivity index (χ1v) is 4.11. The molecule has 0 bridgehead atoms. The van der Waals surface area contributed by atoms with Crippen LogP contribution >= 0.6 is 0 Å². The van der Waals surface area contributed by atoms with Crippen LogP contribution in [0.5, 0.6) is 0 Å². The van der Waals surface area contributed by atoms with Gasteiger partial charge in [-0.3, -0.25) is 0 Å². The van der Waals surface area contributed by atoms with Crippen molar-refractivity contribution in [2.45, 2.75) is 0 Å². The van der Waals surface area contributed by atoms with E-state index in [0.717, 1.165) is 11.0 Å². The van der Waals surface area contributed by atoms with E-state index in [1.807, 2.05) is 23.7 Å². The molecule has 0 aliphatic heterocycles. The summed E-state index contributed by atoms with van der Waals surface area (Å²) in [6, 6.07) is 5.44. The Hall–Kier alpha value is -2.04. The number of amidine groups is 1. The number of rotatable bonds is 1. The highest BCUT2D eigenvalue weighted by Crippen LogP contribution is 2.13. The molecule has 0 unspecified atom stereocenters. The molecule has 5 heteroatoms. The van der Waals surface area contributed by atoms with Gasteiger partial charge in [-0.05, 0) is 18.2 Å². The van der Waals surface area contributed by atoms with Crippen LogP contribution in [0.15, 0.2) is 29.7 Å². The zero-order valence-electron chi connectivity index (χ0n) is 7.68. The summed E-state index contributed by atoms with van der Waals surface area (Å²) >= 11 is 0. The number of imidazole rings is 1. The summed E-state index contributed by atoms with van der Waals surface area (Å²) in [5, 5.41) is 11.5. The molecule has 0 spiro atoms. The first-order chi connectivity index (χ1) is 6.72. The lowest BCUT2D eigenvalue weighted by Gasteiger charge is -1.99. The summed E-state index contributed by atoms with van der Waals surface area (Å²) in [6.45, 7) is 0. The number of hydrogen-bond donors (Lipinski definition) is 2. The van der Waals surface area contributed by atoms with Crippen molar-refractivity contribution in [3.63, 3.8) is 0 Å². The molecule has 0 radical (unpaired) electrons. The molecule has 2 rings (SSSR count). The largest absolute Gasteiger partial charge is 0.409 e. The van der Waals surface area contributed by atoms with Gasteiger partial charge in [0, 0.05) is 12.6 Å². The first kappa shape index (κ1) is 8.55. The average molecular weight is 190 g/mol. The lowest BCUT2D eigenvalue weighted by atomic mass is 10.2. The minimum Gasteiger partial charge on any atom is -0.409 e. The number of nitrogens with zero attached hydrogens (tertiary/aromatic N) is 3. The third-order valence-corrected chi connectivity index (χ3v) is 2.13. The summed E-state index contributed by atoms with van der Waals surface area (Å²) in [4.78, 5) is 4.16. The van der Waals surface area contributed by atoms with Crippen molar-refractivity contribution in [2.75, 3.05) is 0 Å². The second kappa shape index (κ2) is 3.02. The molecule has 5 nitrogen and oxygen atoms in total. The Morgan fingerprint density at radius 3 is 3.07 bits per heavy atom. The van der Waals surface area contributed by atoms with Crippen LogP contribution in [0.2, 0.25) is 0 Å². The zero-order chi connectivity index (χ0) is 10.1. The smallest absolute Gasteiger partial charge is 0.170 e. The maximum absolute atomic E-state index is 8.52. The summed E-state index contributed by atoms with van der Waals surface area (Å²) in [6.07, 6.45) is 1.72. The fourth-order valence-electron chi connectivity index (χ4n) is 1.34. The third kappa shape index (κ3) is 1.19. The number of aryl methyl sites for hydroxylation is 1. The zero-order valence-corrected chi connectivity index (χ0v) is 7.68. The molecule has 0 amide bonds. The van der Waals surface area contributed by atoms with Gasteiger partial charge in [0.15, 0.2) is 5.84 Å². The second-order valence-corrected chi connectivity index (χ2v) is 3.04. The van der Waals surface area contributed by atoms with Gasteiger partial charge < -0.3 is 15.5 Å². The monoisotopic (exact) mass is 190 g/mol. The Labute approximate surface area is 80.5 Å². The molecule has 3 N–H and O–H groups in total. The Morgan fingerprint density at radius 1 is 1.57 bits per heavy atom. The fourth-order valence-corrected chi connectivity index (χ4v) is 1.34. The molecular weight excluding hydrogens is 180 g/mol. The molecule has 1 heterocycles. The topological polar surface area (TPSA) is 76.4 Å². The van der Waals surface area contributed by atoms with Crippen molar-refractivity contribution < 1.29 is 5.21 Å². The van der Waals surface area contributed by atoms with E-state index in [9.17, 15) is 0 Å². The van der Waals surface area contributed by atoms with Crippen LogP contribution in [-0.2, 0) is 7.05 Å². The molecule has 72 valence electrons. The number of benzene rings is 1. The maximum Gasteiger partial charge on any atom is 0.170 e. The van der Waals surface area contributed by atoms with Crippen LogP contribution in [0.1, 0.15) is 5.56 Å². The van der Waals surface area contributed by atoms with Gasteiger partial charge in [-0.1, -0.05) is 5.16 Å². The van der Waals surface area contributed by atoms with Crippen LogP contribution in [0.4, 0.5) is 0 Å². The molecule has 0 saturated carbocycles. The van der Waals surface area contributed by atoms with E-state index in [-0.39, 0.29) is 5.84 Å². The number of nitrogens with two attached hydrogens (primary N) is 1. The molecule has 1 aromatic heterocycles. The van der Waals surface area contributed by atoms with Crippen molar-refractivity contribution in [1.29, 1.82) is 0 Å². The third-order valence-electron chi connectivity index (χ3n) is 2.13. The van der Waals surface area contributed by atoms with Gasteiger partial charge in [0.1, 0.15) is 0 Å². The van der Waals surface area contributed by atoms with E-state index >= 15 is 0 Å². The predicted octanol–water partition coefficient (Wildman–Crippen LogP) is 0.668. The quantitative estimate of drug-likeness (QED) is 0.300. The van der Waals surface area contributed by atoms with Gasteiger partial charge >= 0.3 is 0 Å². The van der Waals surface area contributed by atoms with Gasteiger partial charge in [-0.25, -0.2) is 4.98 Å². The Balaban J connectivity index is 2.66. The summed E-state index contributed by atoms with van der Waals surface area (Å²) < 4.78 is 1.88. The van der Waals surface area contributed by atoms with E-state index in [0.29, 0.717) is 5.56 Å². The minimum atomic E-state index is 0.105. The van der Waals surface area contributed by atoms with Crippen LogP contribution in [0, 0.1) is 0 Å². The predicted molar refractivity (Wildman–Crippen MR) is 53.2 cm³/mol. The van der Waals surface area contributed by atoms with E-state index < -0.39 is 0 Å². The molecule has 14 heavy (non-hydrogen) atoms. The van der Waals surface area contributed by atoms with Crippen molar-refractivity contribution in [3.05, 3.63) is 30.1 Å². The number of aromatic nitrogens is 2. The Morgan fingerprint density at radius 2 is 2.36 bits per heavy atom. The van der Waals surface area contributed by atoms with Crippen LogP contribution in [-0.4, -0.2) is 20.6 Å². The van der Waals surface area contributed by atoms with Crippen molar-refractivity contribution >= 4 is 16.9 Å². The van der Waals surface area contributed by atoms with Crippen molar-refractivity contribution in [2.24, 2.45) is 17.9 Å². The molecule has 0 saturated heterocycles. The molecule has 0 fully saturated rings. The number of hydrogen-bond acceptors (Lipinski definition) is 3. The summed E-state index contributed by atoms with van der Waals surface area (Å²) in [7, 11) is 1.89. The van der Waals surface area contributed by atoms with E-state index in [1.165, 1.54) is 0 Å². The number of oxime groups is 1. The average Bonchev–Trinajstić information content (AvgIpc) is 2.59. The summed E-state index contributed by atoms with van der Waals surface area (Å²) in [5.41, 5.74) is 8.00. The molecule has 0 aliphatic rings.